The second-order valence-corrected chi connectivity index (χ2v) is 6.09. The second-order valence-electron chi connectivity index (χ2n) is 4.92. The molecule has 2 nitrogen and oxygen atoms in total. The fourth-order valence-corrected chi connectivity index (χ4v) is 3.36. The summed E-state index contributed by atoms with van der Waals surface area (Å²) in [5.74, 6) is 1.51. The first-order chi connectivity index (χ1) is 8.66. The first-order valence-corrected chi connectivity index (χ1v) is 7.56. The van der Waals surface area contributed by atoms with E-state index in [1.54, 1.807) is 11.8 Å². The summed E-state index contributed by atoms with van der Waals surface area (Å²) in [6.45, 7) is 4.14. The third-order valence-corrected chi connectivity index (χ3v) is 4.44. The highest BCUT2D eigenvalue weighted by Gasteiger charge is 2.27. The van der Waals surface area contributed by atoms with Crippen LogP contribution in [-0.2, 0) is 9.53 Å². The molecule has 3 heteroatoms. The molecular weight excluding hydrogens is 244 g/mol. The van der Waals surface area contributed by atoms with E-state index in [2.05, 4.69) is 19.1 Å². The van der Waals surface area contributed by atoms with Gasteiger partial charge in [-0.25, -0.2) is 0 Å². The maximum Gasteiger partial charge on any atom is 0.172 e. The summed E-state index contributed by atoms with van der Waals surface area (Å²) in [6.07, 6.45) is 1.82. The van der Waals surface area contributed by atoms with Gasteiger partial charge in [0.1, 0.15) is 0 Å². The van der Waals surface area contributed by atoms with Gasteiger partial charge in [-0.2, -0.15) is 0 Å². The summed E-state index contributed by atoms with van der Waals surface area (Å²) in [5.41, 5.74) is 0.972. The molecule has 0 spiro atoms. The topological polar surface area (TPSA) is 26.3 Å². The highest BCUT2D eigenvalue weighted by molar-refractivity contribution is 8.00. The number of ether oxygens (including phenoxy) is 1. The van der Waals surface area contributed by atoms with Gasteiger partial charge in [0.15, 0.2) is 11.2 Å². The molecule has 1 aliphatic rings. The van der Waals surface area contributed by atoms with E-state index in [9.17, 15) is 4.79 Å². The molecule has 3 atom stereocenters. The van der Waals surface area contributed by atoms with Crippen LogP contribution < -0.4 is 0 Å². The molecule has 98 valence electrons. The van der Waals surface area contributed by atoms with Crippen molar-refractivity contribution in [2.24, 2.45) is 0 Å². The Hall–Kier alpha value is -0.800. The van der Waals surface area contributed by atoms with Crippen LogP contribution in [0.25, 0.3) is 0 Å². The smallest absolute Gasteiger partial charge is 0.172 e. The Morgan fingerprint density at radius 3 is 2.83 bits per heavy atom. The van der Waals surface area contributed by atoms with Gasteiger partial charge >= 0.3 is 0 Å². The van der Waals surface area contributed by atoms with Crippen LogP contribution in [0.1, 0.15) is 38.2 Å². The molecule has 0 N–H and O–H groups in total. The fourth-order valence-electron chi connectivity index (χ4n) is 2.13. The molecule has 0 unspecified atom stereocenters. The summed E-state index contributed by atoms with van der Waals surface area (Å²) < 4.78 is 5.70. The highest BCUT2D eigenvalue weighted by Crippen LogP contribution is 2.28. The number of ketones is 1. The predicted octanol–water partition coefficient (Wildman–Crippen LogP) is 3.62. The Bertz CT molecular complexity index is 391. The molecular formula is C15H20O2S. The number of thioether (sulfide) groups is 1. The lowest BCUT2D eigenvalue weighted by Gasteiger charge is -2.27. The molecule has 1 heterocycles. The van der Waals surface area contributed by atoms with Gasteiger partial charge < -0.3 is 4.74 Å². The van der Waals surface area contributed by atoms with Crippen LogP contribution in [0.5, 0.6) is 0 Å². The van der Waals surface area contributed by atoms with Crippen molar-refractivity contribution < 1.29 is 9.53 Å². The minimum atomic E-state index is -0.250. The molecule has 1 saturated heterocycles. The second kappa shape index (κ2) is 6.39. The highest BCUT2D eigenvalue weighted by atomic mass is 32.2. The summed E-state index contributed by atoms with van der Waals surface area (Å²) in [6, 6.07) is 10.2. The number of hydrogen-bond acceptors (Lipinski definition) is 3. The van der Waals surface area contributed by atoms with E-state index in [1.807, 2.05) is 25.1 Å². The van der Waals surface area contributed by atoms with Gasteiger partial charge in [-0.15, -0.1) is 11.8 Å². The van der Waals surface area contributed by atoms with Gasteiger partial charge in [0.25, 0.3) is 0 Å². The molecule has 1 aromatic rings. The van der Waals surface area contributed by atoms with E-state index in [1.165, 1.54) is 5.56 Å². The molecule has 1 fully saturated rings. The number of carbonyl (C=O) groups excluding carboxylic acids is 1. The predicted molar refractivity (Wildman–Crippen MR) is 75.9 cm³/mol. The first-order valence-electron chi connectivity index (χ1n) is 6.51. The average molecular weight is 264 g/mol. The maximum atomic E-state index is 12.2. The standard InChI is InChI=1S/C15H20O2S/c1-11(13-6-4-3-5-7-13)10-14(16)15-17-12(2)8-9-18-15/h3-7,11-12,15H,8-10H2,1-2H3/t11-,12-,15-/m1/s1. The zero-order chi connectivity index (χ0) is 13.0. The van der Waals surface area contributed by atoms with Crippen molar-refractivity contribution in [3.8, 4) is 0 Å². The molecule has 1 aromatic carbocycles. The minimum Gasteiger partial charge on any atom is -0.357 e. The summed E-state index contributed by atoms with van der Waals surface area (Å²) in [4.78, 5) is 12.2. The number of benzene rings is 1. The van der Waals surface area contributed by atoms with Crippen LogP contribution >= 0.6 is 11.8 Å². The molecule has 2 rings (SSSR count). The van der Waals surface area contributed by atoms with Gasteiger partial charge in [-0.05, 0) is 30.6 Å². The molecule has 0 aromatic heterocycles. The molecule has 0 bridgehead atoms. The minimum absolute atomic E-state index is 0.215. The Morgan fingerprint density at radius 1 is 1.44 bits per heavy atom. The maximum absolute atomic E-state index is 12.2. The lowest BCUT2D eigenvalue weighted by atomic mass is 9.96. The molecule has 0 saturated carbocycles. The first kappa shape index (κ1) is 13.6. The third kappa shape index (κ3) is 3.59. The van der Waals surface area contributed by atoms with E-state index < -0.39 is 0 Å². The average Bonchev–Trinajstić information content (AvgIpc) is 2.39. The van der Waals surface area contributed by atoms with Crippen LogP contribution in [0.4, 0.5) is 0 Å². The Labute approximate surface area is 113 Å². The van der Waals surface area contributed by atoms with Gasteiger partial charge in [0, 0.05) is 6.42 Å². The lowest BCUT2D eigenvalue weighted by Crippen LogP contribution is -2.31. The Morgan fingerprint density at radius 2 is 2.17 bits per heavy atom. The van der Waals surface area contributed by atoms with Crippen LogP contribution in [0.3, 0.4) is 0 Å². The van der Waals surface area contributed by atoms with E-state index in [0.717, 1.165) is 12.2 Å². The molecule has 18 heavy (non-hydrogen) atoms. The Balaban J connectivity index is 1.91. The van der Waals surface area contributed by atoms with E-state index in [-0.39, 0.29) is 23.2 Å². The number of hydrogen-bond donors (Lipinski definition) is 0. The molecule has 0 radical (unpaired) electrons. The van der Waals surface area contributed by atoms with Crippen molar-refractivity contribution in [3.05, 3.63) is 35.9 Å². The van der Waals surface area contributed by atoms with Crippen molar-refractivity contribution >= 4 is 17.5 Å². The zero-order valence-electron chi connectivity index (χ0n) is 11.0. The van der Waals surface area contributed by atoms with Crippen molar-refractivity contribution in [2.45, 2.75) is 44.1 Å². The van der Waals surface area contributed by atoms with Crippen molar-refractivity contribution in [3.63, 3.8) is 0 Å². The molecule has 0 amide bonds. The van der Waals surface area contributed by atoms with Crippen LogP contribution in [0.15, 0.2) is 30.3 Å². The number of carbonyl (C=O) groups is 1. The van der Waals surface area contributed by atoms with Crippen LogP contribution in [0.2, 0.25) is 0 Å². The Kier molecular flexibility index (Phi) is 4.84. The fraction of sp³-hybridized carbons (Fsp3) is 0.533. The van der Waals surface area contributed by atoms with Gasteiger partial charge in [0.05, 0.1) is 6.10 Å². The largest absolute Gasteiger partial charge is 0.357 e. The van der Waals surface area contributed by atoms with Gasteiger partial charge in [-0.3, -0.25) is 4.79 Å². The molecule has 0 aliphatic carbocycles. The van der Waals surface area contributed by atoms with Gasteiger partial charge in [0.2, 0.25) is 0 Å². The van der Waals surface area contributed by atoms with Crippen molar-refractivity contribution in [1.29, 1.82) is 0 Å². The van der Waals surface area contributed by atoms with E-state index in [4.69, 9.17) is 4.74 Å². The third-order valence-electron chi connectivity index (χ3n) is 3.29. The van der Waals surface area contributed by atoms with E-state index >= 15 is 0 Å². The van der Waals surface area contributed by atoms with Crippen molar-refractivity contribution in [2.75, 3.05) is 5.75 Å². The van der Waals surface area contributed by atoms with E-state index in [0.29, 0.717) is 6.42 Å². The zero-order valence-corrected chi connectivity index (χ0v) is 11.8. The summed E-state index contributed by atoms with van der Waals surface area (Å²) >= 11 is 1.64. The van der Waals surface area contributed by atoms with Crippen molar-refractivity contribution in [1.82, 2.24) is 0 Å². The van der Waals surface area contributed by atoms with Crippen LogP contribution in [0, 0.1) is 0 Å². The lowest BCUT2D eigenvalue weighted by molar-refractivity contribution is -0.128. The monoisotopic (exact) mass is 264 g/mol. The van der Waals surface area contributed by atoms with Crippen LogP contribution in [-0.4, -0.2) is 23.1 Å². The molecule has 1 aliphatic heterocycles. The summed E-state index contributed by atoms with van der Waals surface area (Å²) in [7, 11) is 0. The van der Waals surface area contributed by atoms with Gasteiger partial charge in [-0.1, -0.05) is 37.3 Å². The SMILES string of the molecule is C[C@@H]1CCS[C@H](C(=O)C[C@@H](C)c2ccccc2)O1. The normalized spacial score (nSPS) is 25.7. The number of rotatable bonds is 4. The number of Topliss-reactive ketones (excluding diaryl/α,β-unsaturated/α-hetero) is 1. The quantitative estimate of drug-likeness (QED) is 0.831. The summed E-state index contributed by atoms with van der Waals surface area (Å²) in [5, 5.41) is 0.